The van der Waals surface area contributed by atoms with E-state index in [1.807, 2.05) is 0 Å². The molecule has 0 spiro atoms. The van der Waals surface area contributed by atoms with Gasteiger partial charge in [0.05, 0.1) is 13.2 Å². The second kappa shape index (κ2) is 11.3. The van der Waals surface area contributed by atoms with Crippen LogP contribution < -0.4 is 15.2 Å². The Bertz CT molecular complexity index is 917. The SMILES string of the molecule is NC(=S)c1ccc(OC(=O)Oc2ccccc2C(=O)OCCCCO[N+](=O)[O-])cc1. The van der Waals surface area contributed by atoms with Gasteiger partial charge in [0.15, 0.2) is 0 Å². The summed E-state index contributed by atoms with van der Waals surface area (Å²) in [5, 5.41) is 9.16. The van der Waals surface area contributed by atoms with Gasteiger partial charge in [-0.3, -0.25) is 0 Å². The topological polar surface area (TPSA) is 140 Å². The fourth-order valence-corrected chi connectivity index (χ4v) is 2.34. The van der Waals surface area contributed by atoms with E-state index in [1.54, 1.807) is 24.3 Å². The summed E-state index contributed by atoms with van der Waals surface area (Å²) in [5.41, 5.74) is 6.15. The molecule has 30 heavy (non-hydrogen) atoms. The molecule has 0 aliphatic heterocycles. The third-order valence-corrected chi connectivity index (χ3v) is 3.84. The number of nitrogens with zero attached hydrogens (tertiary/aromatic N) is 1. The summed E-state index contributed by atoms with van der Waals surface area (Å²) >= 11 is 4.85. The molecular weight excluding hydrogens is 416 g/mol. The summed E-state index contributed by atoms with van der Waals surface area (Å²) in [5.74, 6) is -0.546. The van der Waals surface area contributed by atoms with Crippen molar-refractivity contribution in [3.05, 3.63) is 69.8 Å². The molecule has 0 fully saturated rings. The van der Waals surface area contributed by atoms with Gasteiger partial charge in [0.1, 0.15) is 22.1 Å². The van der Waals surface area contributed by atoms with Crippen LogP contribution in [-0.2, 0) is 9.57 Å². The van der Waals surface area contributed by atoms with Crippen LogP contribution >= 0.6 is 12.2 Å². The Hall–Kier alpha value is -3.73. The molecule has 0 saturated heterocycles. The third kappa shape index (κ3) is 7.36. The summed E-state index contributed by atoms with van der Waals surface area (Å²) in [7, 11) is 0. The van der Waals surface area contributed by atoms with Gasteiger partial charge in [0.25, 0.3) is 5.09 Å². The van der Waals surface area contributed by atoms with E-state index in [9.17, 15) is 19.7 Å². The Morgan fingerprint density at radius 3 is 2.33 bits per heavy atom. The fourth-order valence-electron chi connectivity index (χ4n) is 2.20. The highest BCUT2D eigenvalue weighted by molar-refractivity contribution is 7.80. The first-order valence-electron chi connectivity index (χ1n) is 8.70. The lowest BCUT2D eigenvalue weighted by atomic mass is 10.2. The first-order valence-corrected chi connectivity index (χ1v) is 9.10. The smallest absolute Gasteiger partial charge is 0.462 e. The van der Waals surface area contributed by atoms with E-state index in [0.717, 1.165) is 0 Å². The van der Waals surface area contributed by atoms with E-state index in [4.69, 9.17) is 32.2 Å². The van der Waals surface area contributed by atoms with Crippen LogP contribution in [0.5, 0.6) is 11.5 Å². The number of carbonyl (C=O) groups is 2. The molecular formula is C19H18N2O8S. The number of benzene rings is 2. The zero-order valence-electron chi connectivity index (χ0n) is 15.6. The van der Waals surface area contributed by atoms with Gasteiger partial charge in [-0.2, -0.15) is 0 Å². The van der Waals surface area contributed by atoms with Crippen molar-refractivity contribution < 1.29 is 33.7 Å². The van der Waals surface area contributed by atoms with Crippen LogP contribution in [-0.4, -0.2) is 35.4 Å². The van der Waals surface area contributed by atoms with Crippen LogP contribution in [0.4, 0.5) is 4.79 Å². The van der Waals surface area contributed by atoms with Gasteiger partial charge in [0.2, 0.25) is 0 Å². The number of carbonyl (C=O) groups excluding carboxylic acids is 2. The van der Waals surface area contributed by atoms with Crippen LogP contribution in [0.3, 0.4) is 0 Å². The Morgan fingerprint density at radius 1 is 1.00 bits per heavy atom. The van der Waals surface area contributed by atoms with Gasteiger partial charge in [-0.15, -0.1) is 10.1 Å². The summed E-state index contributed by atoms with van der Waals surface area (Å²) in [4.78, 5) is 38.7. The molecule has 2 aromatic rings. The molecule has 10 nitrogen and oxygen atoms in total. The Kier molecular flexibility index (Phi) is 8.51. The third-order valence-electron chi connectivity index (χ3n) is 3.61. The second-order valence-corrected chi connectivity index (χ2v) is 6.18. The number of ether oxygens (including phenoxy) is 3. The number of unbranched alkanes of at least 4 members (excludes halogenated alkanes) is 1. The normalized spacial score (nSPS) is 10.0. The number of thiocarbonyl (C=S) groups is 1. The lowest BCUT2D eigenvalue weighted by molar-refractivity contribution is -0.757. The first-order chi connectivity index (χ1) is 14.4. The number of para-hydroxylation sites is 1. The average Bonchev–Trinajstić information content (AvgIpc) is 2.71. The van der Waals surface area contributed by atoms with Crippen LogP contribution in [0.2, 0.25) is 0 Å². The summed E-state index contributed by atoms with van der Waals surface area (Å²) in [6.45, 7) is -0.0673. The van der Waals surface area contributed by atoms with Crippen molar-refractivity contribution in [3.8, 4) is 11.5 Å². The number of hydrogen-bond donors (Lipinski definition) is 1. The van der Waals surface area contributed by atoms with Gasteiger partial charge >= 0.3 is 12.1 Å². The molecule has 0 heterocycles. The fraction of sp³-hybridized carbons (Fsp3) is 0.211. The standard InChI is InChI=1S/C19H18N2O8S/c20-17(30)13-7-9-14(10-8-13)28-19(23)29-16-6-2-1-5-15(16)18(22)26-11-3-4-12-27-21(24)25/h1-2,5-10H,3-4,11-12H2,(H2,20,30). The van der Waals surface area contributed by atoms with Crippen molar-refractivity contribution in [1.82, 2.24) is 0 Å². The molecule has 158 valence electrons. The maximum absolute atomic E-state index is 12.2. The molecule has 0 unspecified atom stereocenters. The zero-order chi connectivity index (χ0) is 21.9. The summed E-state index contributed by atoms with van der Waals surface area (Å²) in [6, 6.07) is 12.2. The minimum absolute atomic E-state index is 0.0219. The lowest BCUT2D eigenvalue weighted by Gasteiger charge is -2.10. The number of nitrogens with two attached hydrogens (primary N) is 1. The largest absolute Gasteiger partial charge is 0.519 e. The Balaban J connectivity index is 1.89. The van der Waals surface area contributed by atoms with Crippen LogP contribution in [0, 0.1) is 10.1 Å². The van der Waals surface area contributed by atoms with Gasteiger partial charge in [-0.05, 0) is 49.2 Å². The monoisotopic (exact) mass is 434 g/mol. The molecule has 0 amide bonds. The highest BCUT2D eigenvalue weighted by Gasteiger charge is 2.17. The number of rotatable bonds is 10. The van der Waals surface area contributed by atoms with Crippen molar-refractivity contribution in [2.75, 3.05) is 13.2 Å². The van der Waals surface area contributed by atoms with E-state index < -0.39 is 17.2 Å². The van der Waals surface area contributed by atoms with Crippen molar-refractivity contribution in [2.45, 2.75) is 12.8 Å². The molecule has 2 aromatic carbocycles. The molecule has 0 saturated carbocycles. The van der Waals surface area contributed by atoms with Gasteiger partial charge in [-0.1, -0.05) is 24.4 Å². The first kappa shape index (κ1) is 22.6. The van der Waals surface area contributed by atoms with Gasteiger partial charge in [-0.25, -0.2) is 9.59 Å². The number of hydrogen-bond acceptors (Lipinski definition) is 9. The zero-order valence-corrected chi connectivity index (χ0v) is 16.5. The Morgan fingerprint density at radius 2 is 1.67 bits per heavy atom. The molecule has 0 atom stereocenters. The number of esters is 1. The molecule has 0 aliphatic carbocycles. The van der Waals surface area contributed by atoms with Crippen LogP contribution in [0.1, 0.15) is 28.8 Å². The van der Waals surface area contributed by atoms with Gasteiger partial charge < -0.3 is 24.8 Å². The minimum Gasteiger partial charge on any atom is -0.462 e. The molecule has 11 heteroatoms. The van der Waals surface area contributed by atoms with E-state index in [0.29, 0.717) is 18.4 Å². The van der Waals surface area contributed by atoms with Crippen molar-refractivity contribution in [1.29, 1.82) is 0 Å². The molecule has 0 aliphatic rings. The predicted molar refractivity (Wildman–Crippen MR) is 108 cm³/mol. The average molecular weight is 434 g/mol. The highest BCUT2D eigenvalue weighted by atomic mass is 32.1. The minimum atomic E-state index is -1.05. The van der Waals surface area contributed by atoms with Gasteiger partial charge in [0, 0.05) is 5.56 Å². The lowest BCUT2D eigenvalue weighted by Crippen LogP contribution is -2.17. The predicted octanol–water partition coefficient (Wildman–Crippen LogP) is 3.04. The van der Waals surface area contributed by atoms with Crippen molar-refractivity contribution in [3.63, 3.8) is 0 Å². The summed E-state index contributed by atoms with van der Waals surface area (Å²) < 4.78 is 15.3. The second-order valence-electron chi connectivity index (χ2n) is 5.74. The molecule has 0 bridgehead atoms. The quantitative estimate of drug-likeness (QED) is 0.148. The van der Waals surface area contributed by atoms with E-state index >= 15 is 0 Å². The highest BCUT2D eigenvalue weighted by Crippen LogP contribution is 2.21. The molecule has 2 N–H and O–H groups in total. The van der Waals surface area contributed by atoms with Crippen LogP contribution in [0.25, 0.3) is 0 Å². The van der Waals surface area contributed by atoms with E-state index in [1.165, 1.54) is 24.3 Å². The Labute approximate surface area is 176 Å². The van der Waals surface area contributed by atoms with Crippen molar-refractivity contribution in [2.24, 2.45) is 5.73 Å². The summed E-state index contributed by atoms with van der Waals surface area (Å²) in [6.07, 6.45) is -0.338. The molecule has 2 rings (SSSR count). The maximum atomic E-state index is 12.2. The molecule has 0 radical (unpaired) electrons. The van der Waals surface area contributed by atoms with Crippen LogP contribution in [0.15, 0.2) is 48.5 Å². The van der Waals surface area contributed by atoms with E-state index in [2.05, 4.69) is 4.84 Å². The van der Waals surface area contributed by atoms with Crippen molar-refractivity contribution >= 4 is 29.3 Å². The maximum Gasteiger partial charge on any atom is 0.519 e. The van der Waals surface area contributed by atoms with E-state index in [-0.39, 0.29) is 35.3 Å². The molecule has 0 aromatic heterocycles.